The van der Waals surface area contributed by atoms with E-state index in [0.717, 1.165) is 24.7 Å². The molecule has 0 rings (SSSR count). The molecule has 0 aromatic carbocycles. The lowest BCUT2D eigenvalue weighted by molar-refractivity contribution is 0.410. The summed E-state index contributed by atoms with van der Waals surface area (Å²) in [5.41, 5.74) is 0. The van der Waals surface area contributed by atoms with Gasteiger partial charge in [0.15, 0.2) is 0 Å². The summed E-state index contributed by atoms with van der Waals surface area (Å²) >= 11 is 0. The van der Waals surface area contributed by atoms with E-state index in [9.17, 15) is 0 Å². The van der Waals surface area contributed by atoms with Crippen LogP contribution in [0.4, 0.5) is 0 Å². The lowest BCUT2D eigenvalue weighted by Gasteiger charge is -2.13. The third-order valence-electron chi connectivity index (χ3n) is 4.21. The van der Waals surface area contributed by atoms with Crippen LogP contribution in [-0.4, -0.2) is 0 Å². The van der Waals surface area contributed by atoms with Crippen molar-refractivity contribution < 1.29 is 0 Å². The fraction of sp³-hybridized carbons (Fsp3) is 0.800. The molecular formula is C20H36. The maximum absolute atomic E-state index is 3.94. The summed E-state index contributed by atoms with van der Waals surface area (Å²) in [5, 5.41) is 0. The monoisotopic (exact) mass is 276 g/mol. The largest absolute Gasteiger partial charge is 0.103 e. The minimum Gasteiger partial charge on any atom is -0.103 e. The van der Waals surface area contributed by atoms with Gasteiger partial charge in [-0.3, -0.25) is 0 Å². The molecule has 0 spiro atoms. The zero-order chi connectivity index (χ0) is 15.1. The summed E-state index contributed by atoms with van der Waals surface area (Å²) < 4.78 is 0. The van der Waals surface area contributed by atoms with E-state index in [0.29, 0.717) is 0 Å². The second-order valence-electron chi connectivity index (χ2n) is 6.44. The first-order valence-electron chi connectivity index (χ1n) is 8.74. The van der Waals surface area contributed by atoms with Crippen LogP contribution in [0.2, 0.25) is 0 Å². The molecule has 2 unspecified atom stereocenters. The second kappa shape index (κ2) is 15.0. The maximum atomic E-state index is 3.94. The Morgan fingerprint density at radius 1 is 0.750 bits per heavy atom. The quantitative estimate of drug-likeness (QED) is 0.262. The Bertz CT molecular complexity index is 242. The standard InChI is InChI=1S/C20H36/c1-5-7-8-9-10-11-12-16-20(4)18-14-13-17-19(3)15-6-2/h19-20H,1-2,6,8-18H2,3-4H3. The molecule has 0 amide bonds. The lowest BCUT2D eigenvalue weighted by Crippen LogP contribution is -1.97. The third-order valence-corrected chi connectivity index (χ3v) is 4.21. The highest BCUT2D eigenvalue weighted by atomic mass is 14.1. The molecule has 0 N–H and O–H groups in total. The average molecular weight is 277 g/mol. The minimum atomic E-state index is 0.879. The van der Waals surface area contributed by atoms with Crippen molar-refractivity contribution in [2.45, 2.75) is 90.9 Å². The van der Waals surface area contributed by atoms with Gasteiger partial charge in [-0.15, -0.1) is 11.8 Å². The molecule has 0 aromatic rings. The second-order valence-corrected chi connectivity index (χ2v) is 6.44. The highest BCUT2D eigenvalue weighted by molar-refractivity contribution is 5.00. The van der Waals surface area contributed by atoms with Crippen LogP contribution < -0.4 is 0 Å². The summed E-state index contributed by atoms with van der Waals surface area (Å²) in [5.74, 6) is 7.55. The first-order valence-corrected chi connectivity index (χ1v) is 8.74. The SMILES string of the molecule is [CH2]C#CCCCCCCC(C)CCCCC(C)CC[CH2]. The van der Waals surface area contributed by atoms with E-state index in [4.69, 9.17) is 0 Å². The summed E-state index contributed by atoms with van der Waals surface area (Å²) in [4.78, 5) is 0. The van der Waals surface area contributed by atoms with Gasteiger partial charge in [-0.05, 0) is 18.3 Å². The van der Waals surface area contributed by atoms with E-state index in [1.54, 1.807) is 0 Å². The Hall–Kier alpha value is -0.440. The van der Waals surface area contributed by atoms with E-state index >= 15 is 0 Å². The Morgan fingerprint density at radius 3 is 1.80 bits per heavy atom. The Labute approximate surface area is 129 Å². The van der Waals surface area contributed by atoms with Crippen LogP contribution in [0.15, 0.2) is 0 Å². The molecule has 2 atom stereocenters. The normalized spacial score (nSPS) is 13.6. The van der Waals surface area contributed by atoms with Gasteiger partial charge in [-0.1, -0.05) is 85.0 Å². The zero-order valence-corrected chi connectivity index (χ0v) is 14.1. The summed E-state index contributed by atoms with van der Waals surface area (Å²) in [7, 11) is 0. The number of hydrogen-bond acceptors (Lipinski definition) is 0. The molecule has 0 heterocycles. The molecule has 0 heteroatoms. The van der Waals surface area contributed by atoms with Crippen molar-refractivity contribution in [3.63, 3.8) is 0 Å². The molecule has 0 aliphatic heterocycles. The highest BCUT2D eigenvalue weighted by Crippen LogP contribution is 2.20. The topological polar surface area (TPSA) is 0 Å². The fourth-order valence-corrected chi connectivity index (χ4v) is 2.77. The predicted octanol–water partition coefficient (Wildman–Crippen LogP) is 6.61. The molecule has 0 aromatic heterocycles. The van der Waals surface area contributed by atoms with Gasteiger partial charge in [0.05, 0.1) is 0 Å². The molecule has 0 fully saturated rings. The van der Waals surface area contributed by atoms with Crippen LogP contribution in [0, 0.1) is 37.5 Å². The maximum Gasteiger partial charge on any atom is 0.0198 e. The molecular weight excluding hydrogens is 240 g/mol. The van der Waals surface area contributed by atoms with Crippen LogP contribution in [0.3, 0.4) is 0 Å². The van der Waals surface area contributed by atoms with Gasteiger partial charge in [-0.2, -0.15) is 0 Å². The smallest absolute Gasteiger partial charge is 0.0198 e. The van der Waals surface area contributed by atoms with Gasteiger partial charge in [0.2, 0.25) is 0 Å². The van der Waals surface area contributed by atoms with Crippen LogP contribution >= 0.6 is 0 Å². The first-order chi connectivity index (χ1) is 9.70. The molecule has 116 valence electrons. The van der Waals surface area contributed by atoms with Crippen molar-refractivity contribution in [3.8, 4) is 11.8 Å². The van der Waals surface area contributed by atoms with Crippen molar-refractivity contribution in [1.29, 1.82) is 0 Å². The van der Waals surface area contributed by atoms with Gasteiger partial charge in [0.1, 0.15) is 0 Å². The van der Waals surface area contributed by atoms with Crippen molar-refractivity contribution in [2.75, 3.05) is 0 Å². The lowest BCUT2D eigenvalue weighted by atomic mass is 9.94. The number of hydrogen-bond donors (Lipinski definition) is 0. The Morgan fingerprint density at radius 2 is 1.25 bits per heavy atom. The van der Waals surface area contributed by atoms with Crippen molar-refractivity contribution in [2.24, 2.45) is 11.8 Å². The van der Waals surface area contributed by atoms with Gasteiger partial charge < -0.3 is 0 Å². The van der Waals surface area contributed by atoms with Crippen LogP contribution in [-0.2, 0) is 0 Å². The highest BCUT2D eigenvalue weighted by Gasteiger charge is 2.04. The molecule has 20 heavy (non-hydrogen) atoms. The zero-order valence-electron chi connectivity index (χ0n) is 14.1. The third kappa shape index (κ3) is 14.0. The molecule has 0 aliphatic carbocycles. The average Bonchev–Trinajstić information content (AvgIpc) is 2.43. The Balaban J connectivity index is 3.27. The molecule has 2 radical (unpaired) electrons. The Kier molecular flexibility index (Phi) is 14.6. The predicted molar refractivity (Wildman–Crippen MR) is 92.2 cm³/mol. The molecule has 0 saturated heterocycles. The van der Waals surface area contributed by atoms with E-state index in [1.165, 1.54) is 64.2 Å². The van der Waals surface area contributed by atoms with Gasteiger partial charge in [0.25, 0.3) is 0 Å². The van der Waals surface area contributed by atoms with Crippen molar-refractivity contribution >= 4 is 0 Å². The molecule has 0 bridgehead atoms. The van der Waals surface area contributed by atoms with Gasteiger partial charge in [0, 0.05) is 13.3 Å². The van der Waals surface area contributed by atoms with Crippen molar-refractivity contribution in [1.82, 2.24) is 0 Å². The van der Waals surface area contributed by atoms with E-state index in [-0.39, 0.29) is 0 Å². The molecule has 0 aliphatic rings. The van der Waals surface area contributed by atoms with E-state index in [2.05, 4.69) is 39.5 Å². The van der Waals surface area contributed by atoms with E-state index < -0.39 is 0 Å². The first kappa shape index (κ1) is 19.6. The van der Waals surface area contributed by atoms with Crippen LogP contribution in [0.5, 0.6) is 0 Å². The summed E-state index contributed by atoms with van der Waals surface area (Å²) in [6.07, 6.45) is 15.9. The fourth-order valence-electron chi connectivity index (χ4n) is 2.77. The van der Waals surface area contributed by atoms with E-state index in [1.807, 2.05) is 0 Å². The minimum absolute atomic E-state index is 0.879. The van der Waals surface area contributed by atoms with Crippen LogP contribution in [0.1, 0.15) is 90.9 Å². The number of unbranched alkanes of at least 4 members (excludes halogenated alkanes) is 5. The summed E-state index contributed by atoms with van der Waals surface area (Å²) in [6, 6.07) is 0. The van der Waals surface area contributed by atoms with Gasteiger partial charge >= 0.3 is 0 Å². The number of rotatable bonds is 13. The van der Waals surface area contributed by atoms with Crippen LogP contribution in [0.25, 0.3) is 0 Å². The summed E-state index contributed by atoms with van der Waals surface area (Å²) in [6.45, 7) is 12.3. The molecule has 0 saturated carbocycles. The van der Waals surface area contributed by atoms with Gasteiger partial charge in [-0.25, -0.2) is 0 Å². The van der Waals surface area contributed by atoms with Crippen molar-refractivity contribution in [3.05, 3.63) is 13.8 Å². The molecule has 0 nitrogen and oxygen atoms in total.